The lowest BCUT2D eigenvalue weighted by atomic mass is 10.2. The van der Waals surface area contributed by atoms with E-state index in [4.69, 9.17) is 11.6 Å². The van der Waals surface area contributed by atoms with Gasteiger partial charge in [0.05, 0.1) is 11.2 Å². The zero-order valence-corrected chi connectivity index (χ0v) is 18.4. The van der Waals surface area contributed by atoms with Gasteiger partial charge in [-0.25, -0.2) is 13.4 Å². The van der Waals surface area contributed by atoms with Crippen LogP contribution in [0.15, 0.2) is 40.4 Å². The SMILES string of the molecule is Cn1ncc2c(=O)n(CC(=O)Nc3ccc(Cl)c(S(=O)(=O)N4CCCCC4)c3)cnc21. The number of piperidine rings is 1. The van der Waals surface area contributed by atoms with Gasteiger partial charge in [0.25, 0.3) is 5.56 Å². The zero-order valence-electron chi connectivity index (χ0n) is 16.8. The highest BCUT2D eigenvalue weighted by atomic mass is 35.5. The Kier molecular flexibility index (Phi) is 5.82. The predicted molar refractivity (Wildman–Crippen MR) is 115 cm³/mol. The molecular weight excluding hydrogens is 444 g/mol. The van der Waals surface area contributed by atoms with Crippen molar-refractivity contribution in [1.82, 2.24) is 23.6 Å². The molecular formula is C19H21ClN6O4S. The first-order chi connectivity index (χ1) is 14.8. The predicted octanol–water partition coefficient (Wildman–Crippen LogP) is 1.60. The first-order valence-electron chi connectivity index (χ1n) is 9.74. The molecule has 31 heavy (non-hydrogen) atoms. The molecule has 1 aliphatic rings. The maximum absolute atomic E-state index is 13.0. The number of sulfonamides is 1. The summed E-state index contributed by atoms with van der Waals surface area (Å²) in [6, 6.07) is 4.29. The number of aryl methyl sites for hydroxylation is 1. The molecule has 0 unspecified atom stereocenters. The molecule has 0 atom stereocenters. The third kappa shape index (κ3) is 4.21. The second kappa shape index (κ2) is 8.40. The van der Waals surface area contributed by atoms with Gasteiger partial charge in [-0.05, 0) is 31.0 Å². The summed E-state index contributed by atoms with van der Waals surface area (Å²) >= 11 is 6.16. The number of benzene rings is 1. The van der Waals surface area contributed by atoms with Crippen LogP contribution in [0.25, 0.3) is 11.0 Å². The van der Waals surface area contributed by atoms with Gasteiger partial charge >= 0.3 is 0 Å². The van der Waals surface area contributed by atoms with Crippen molar-refractivity contribution in [2.75, 3.05) is 18.4 Å². The number of carbonyl (C=O) groups excluding carboxylic acids is 1. The molecule has 1 fully saturated rings. The van der Waals surface area contributed by atoms with E-state index in [-0.39, 0.29) is 22.2 Å². The lowest BCUT2D eigenvalue weighted by Crippen LogP contribution is -2.35. The fourth-order valence-electron chi connectivity index (χ4n) is 3.56. The number of halogens is 1. The minimum atomic E-state index is -3.76. The molecule has 12 heteroatoms. The fourth-order valence-corrected chi connectivity index (χ4v) is 5.58. The molecule has 1 amide bonds. The third-order valence-corrected chi connectivity index (χ3v) is 7.56. The Balaban J connectivity index is 1.54. The van der Waals surface area contributed by atoms with Crippen LogP contribution in [0.3, 0.4) is 0 Å². The molecule has 1 aromatic carbocycles. The topological polar surface area (TPSA) is 119 Å². The fraction of sp³-hybridized carbons (Fsp3) is 0.368. The second-order valence-corrected chi connectivity index (χ2v) is 9.65. The Bertz CT molecular complexity index is 1310. The number of anilines is 1. The average Bonchev–Trinajstić information content (AvgIpc) is 3.13. The zero-order chi connectivity index (χ0) is 22.2. The lowest BCUT2D eigenvalue weighted by molar-refractivity contribution is -0.116. The number of rotatable bonds is 5. The minimum Gasteiger partial charge on any atom is -0.324 e. The Morgan fingerprint density at radius 3 is 2.71 bits per heavy atom. The van der Waals surface area contributed by atoms with Crippen LogP contribution >= 0.6 is 11.6 Å². The quantitative estimate of drug-likeness (QED) is 0.612. The maximum Gasteiger partial charge on any atom is 0.264 e. The van der Waals surface area contributed by atoms with Gasteiger partial charge in [-0.15, -0.1) is 0 Å². The van der Waals surface area contributed by atoms with Gasteiger partial charge in [-0.2, -0.15) is 9.40 Å². The van der Waals surface area contributed by atoms with Crippen molar-refractivity contribution in [2.24, 2.45) is 7.05 Å². The van der Waals surface area contributed by atoms with Crippen LogP contribution in [-0.4, -0.2) is 51.1 Å². The Labute approximate surface area is 183 Å². The summed E-state index contributed by atoms with van der Waals surface area (Å²) < 4.78 is 30.0. The second-order valence-electron chi connectivity index (χ2n) is 7.34. The van der Waals surface area contributed by atoms with Crippen molar-refractivity contribution in [3.63, 3.8) is 0 Å². The van der Waals surface area contributed by atoms with E-state index >= 15 is 0 Å². The smallest absolute Gasteiger partial charge is 0.264 e. The van der Waals surface area contributed by atoms with Crippen molar-refractivity contribution in [2.45, 2.75) is 30.7 Å². The number of aromatic nitrogens is 4. The van der Waals surface area contributed by atoms with Crippen LogP contribution in [0, 0.1) is 0 Å². The van der Waals surface area contributed by atoms with Crippen LogP contribution in [0.2, 0.25) is 5.02 Å². The maximum atomic E-state index is 13.0. The van der Waals surface area contributed by atoms with E-state index in [2.05, 4.69) is 15.4 Å². The van der Waals surface area contributed by atoms with Gasteiger partial charge in [0.1, 0.15) is 23.2 Å². The Morgan fingerprint density at radius 2 is 1.97 bits per heavy atom. The van der Waals surface area contributed by atoms with Crippen LogP contribution in [-0.2, 0) is 28.4 Å². The number of nitrogens with zero attached hydrogens (tertiary/aromatic N) is 5. The van der Waals surface area contributed by atoms with Crippen LogP contribution in [0.4, 0.5) is 5.69 Å². The van der Waals surface area contributed by atoms with Crippen molar-refractivity contribution in [3.8, 4) is 0 Å². The molecule has 164 valence electrons. The van der Waals surface area contributed by atoms with Gasteiger partial charge in [0.2, 0.25) is 15.9 Å². The molecule has 4 rings (SSSR count). The normalized spacial score (nSPS) is 15.3. The van der Waals surface area contributed by atoms with E-state index in [1.165, 1.54) is 44.3 Å². The van der Waals surface area contributed by atoms with Crippen molar-refractivity contribution < 1.29 is 13.2 Å². The van der Waals surface area contributed by atoms with Crippen molar-refractivity contribution in [1.29, 1.82) is 0 Å². The highest BCUT2D eigenvalue weighted by molar-refractivity contribution is 7.89. The van der Waals surface area contributed by atoms with Crippen LogP contribution in [0.5, 0.6) is 0 Å². The van der Waals surface area contributed by atoms with Gasteiger partial charge in [0.15, 0.2) is 5.65 Å². The summed E-state index contributed by atoms with van der Waals surface area (Å²) in [6.45, 7) is 0.609. The monoisotopic (exact) mass is 464 g/mol. The van der Waals surface area contributed by atoms with Crippen molar-refractivity contribution >= 4 is 44.3 Å². The molecule has 0 spiro atoms. The summed E-state index contributed by atoms with van der Waals surface area (Å²) in [5.74, 6) is -0.504. The molecule has 0 radical (unpaired) electrons. The third-order valence-electron chi connectivity index (χ3n) is 5.18. The Morgan fingerprint density at radius 1 is 1.23 bits per heavy atom. The standard InChI is InChI=1S/C19H21ClN6O4S/c1-24-18-14(10-22-24)19(28)25(12-21-18)11-17(27)23-13-5-6-15(20)16(9-13)31(29,30)26-7-3-2-4-8-26/h5-6,9-10,12H,2-4,7-8,11H2,1H3,(H,23,27). The molecule has 1 N–H and O–H groups in total. The molecule has 10 nitrogen and oxygen atoms in total. The summed E-state index contributed by atoms with van der Waals surface area (Å²) in [7, 11) is -2.09. The largest absolute Gasteiger partial charge is 0.324 e. The minimum absolute atomic E-state index is 0.0514. The first-order valence-corrected chi connectivity index (χ1v) is 11.6. The highest BCUT2D eigenvalue weighted by Gasteiger charge is 2.28. The van der Waals surface area contributed by atoms with E-state index in [1.807, 2.05) is 0 Å². The van der Waals surface area contributed by atoms with E-state index < -0.39 is 21.5 Å². The van der Waals surface area contributed by atoms with Crippen LogP contribution < -0.4 is 10.9 Å². The molecule has 0 aliphatic carbocycles. The number of hydrogen-bond donors (Lipinski definition) is 1. The number of hydrogen-bond acceptors (Lipinski definition) is 6. The number of fused-ring (bicyclic) bond motifs is 1. The first kappa shape index (κ1) is 21.5. The molecule has 2 aromatic heterocycles. The van der Waals surface area contributed by atoms with E-state index in [1.54, 1.807) is 7.05 Å². The van der Waals surface area contributed by atoms with Crippen LogP contribution in [0.1, 0.15) is 19.3 Å². The van der Waals surface area contributed by atoms with E-state index in [0.717, 1.165) is 19.3 Å². The van der Waals surface area contributed by atoms with E-state index in [9.17, 15) is 18.0 Å². The molecule has 3 heterocycles. The van der Waals surface area contributed by atoms with Gasteiger partial charge in [-0.3, -0.25) is 18.8 Å². The number of carbonyl (C=O) groups is 1. The Hall–Kier alpha value is -2.76. The van der Waals surface area contributed by atoms with Gasteiger partial charge in [-0.1, -0.05) is 18.0 Å². The molecule has 1 aliphatic heterocycles. The summed E-state index contributed by atoms with van der Waals surface area (Å²) in [5.41, 5.74) is 0.304. The number of amides is 1. The highest BCUT2D eigenvalue weighted by Crippen LogP contribution is 2.29. The average molecular weight is 465 g/mol. The molecule has 0 saturated carbocycles. The summed E-state index contributed by atoms with van der Waals surface area (Å²) in [5, 5.41) is 7.01. The van der Waals surface area contributed by atoms with Crippen molar-refractivity contribution in [3.05, 3.63) is 46.1 Å². The summed E-state index contributed by atoms with van der Waals surface area (Å²) in [4.78, 5) is 29.1. The number of nitrogens with one attached hydrogen (secondary N) is 1. The summed E-state index contributed by atoms with van der Waals surface area (Å²) in [6.07, 6.45) is 5.28. The van der Waals surface area contributed by atoms with Gasteiger partial charge < -0.3 is 5.32 Å². The molecule has 0 bridgehead atoms. The molecule has 3 aromatic rings. The molecule has 1 saturated heterocycles. The van der Waals surface area contributed by atoms with E-state index in [0.29, 0.717) is 24.1 Å². The van der Waals surface area contributed by atoms with Gasteiger partial charge in [0, 0.05) is 25.8 Å². The lowest BCUT2D eigenvalue weighted by Gasteiger charge is -2.26.